The predicted molar refractivity (Wildman–Crippen MR) is 70.8 cm³/mol. The highest BCUT2D eigenvalue weighted by Crippen LogP contribution is 2.37. The highest BCUT2D eigenvalue weighted by Gasteiger charge is 2.41. The van der Waals surface area contributed by atoms with Crippen molar-refractivity contribution in [2.75, 3.05) is 14.2 Å². The Labute approximate surface area is 112 Å². The van der Waals surface area contributed by atoms with E-state index in [0.29, 0.717) is 17.1 Å². The van der Waals surface area contributed by atoms with Crippen LogP contribution in [-0.4, -0.2) is 36.0 Å². The van der Waals surface area contributed by atoms with Gasteiger partial charge < -0.3 is 19.7 Å². The van der Waals surface area contributed by atoms with E-state index in [4.69, 9.17) is 9.47 Å². The fraction of sp³-hybridized carbons (Fsp3) is 0.500. The Balaban J connectivity index is 3.25. The molecule has 1 aromatic carbocycles. The third-order valence-corrected chi connectivity index (χ3v) is 3.53. The van der Waals surface area contributed by atoms with E-state index in [-0.39, 0.29) is 6.42 Å². The maximum absolute atomic E-state index is 11.3. The molecular weight excluding hydrogens is 248 g/mol. The molecule has 5 heteroatoms. The smallest absolute Gasteiger partial charge is 0.336 e. The Kier molecular flexibility index (Phi) is 4.78. The fourth-order valence-electron chi connectivity index (χ4n) is 2.08. The first-order valence-corrected chi connectivity index (χ1v) is 6.08. The number of ether oxygens (including phenoxy) is 2. The minimum atomic E-state index is -1.82. The number of carboxylic acids is 1. The highest BCUT2D eigenvalue weighted by atomic mass is 16.5. The molecular formula is C14H20O5. The maximum atomic E-state index is 11.3. The highest BCUT2D eigenvalue weighted by molar-refractivity contribution is 5.78. The molecule has 0 heterocycles. The van der Waals surface area contributed by atoms with Crippen molar-refractivity contribution >= 4 is 5.97 Å². The lowest BCUT2D eigenvalue weighted by atomic mass is 9.81. The number of benzene rings is 1. The molecule has 2 unspecified atom stereocenters. The van der Waals surface area contributed by atoms with E-state index in [1.54, 1.807) is 32.0 Å². The van der Waals surface area contributed by atoms with Gasteiger partial charge in [0.1, 0.15) is 11.5 Å². The molecule has 0 radical (unpaired) electrons. The normalized spacial score (nSPS) is 15.4. The standard InChI is InChI=1S/C14H20O5/c1-5-14(17,13(15)16)9(2)11-7-6-10(18-3)8-12(11)19-4/h6-9,17H,5H2,1-4H3,(H,15,16). The lowest BCUT2D eigenvalue weighted by molar-refractivity contribution is -0.161. The molecule has 0 amide bonds. The zero-order valence-corrected chi connectivity index (χ0v) is 11.6. The summed E-state index contributed by atoms with van der Waals surface area (Å²) in [5.74, 6) is -0.723. The van der Waals surface area contributed by atoms with Crippen LogP contribution in [0.4, 0.5) is 0 Å². The summed E-state index contributed by atoms with van der Waals surface area (Å²) in [5, 5.41) is 19.5. The molecule has 0 aromatic heterocycles. The van der Waals surface area contributed by atoms with Crippen LogP contribution >= 0.6 is 0 Å². The Morgan fingerprint density at radius 3 is 2.42 bits per heavy atom. The van der Waals surface area contributed by atoms with Crippen molar-refractivity contribution < 1.29 is 24.5 Å². The molecule has 0 aliphatic rings. The van der Waals surface area contributed by atoms with Gasteiger partial charge >= 0.3 is 5.97 Å². The number of rotatable bonds is 6. The van der Waals surface area contributed by atoms with Crippen molar-refractivity contribution in [2.24, 2.45) is 0 Å². The lowest BCUT2D eigenvalue weighted by Gasteiger charge is -2.30. The van der Waals surface area contributed by atoms with Gasteiger partial charge in [-0.3, -0.25) is 0 Å². The van der Waals surface area contributed by atoms with E-state index >= 15 is 0 Å². The Bertz CT molecular complexity index is 457. The average Bonchev–Trinajstić information content (AvgIpc) is 2.44. The van der Waals surface area contributed by atoms with Crippen molar-refractivity contribution in [3.05, 3.63) is 23.8 Å². The van der Waals surface area contributed by atoms with E-state index in [1.165, 1.54) is 14.2 Å². The van der Waals surface area contributed by atoms with Crippen LogP contribution in [0.25, 0.3) is 0 Å². The molecule has 0 saturated carbocycles. The second kappa shape index (κ2) is 5.93. The monoisotopic (exact) mass is 268 g/mol. The van der Waals surface area contributed by atoms with Crippen LogP contribution < -0.4 is 9.47 Å². The minimum absolute atomic E-state index is 0.110. The molecule has 106 valence electrons. The lowest BCUT2D eigenvalue weighted by Crippen LogP contribution is -2.42. The van der Waals surface area contributed by atoms with Crippen LogP contribution in [0.1, 0.15) is 31.7 Å². The van der Waals surface area contributed by atoms with E-state index in [1.807, 2.05) is 0 Å². The van der Waals surface area contributed by atoms with Gasteiger partial charge in [0, 0.05) is 17.5 Å². The van der Waals surface area contributed by atoms with Gasteiger partial charge in [0.25, 0.3) is 0 Å². The molecule has 0 aliphatic heterocycles. The quantitative estimate of drug-likeness (QED) is 0.825. The summed E-state index contributed by atoms with van der Waals surface area (Å²) >= 11 is 0. The minimum Gasteiger partial charge on any atom is -0.497 e. The topological polar surface area (TPSA) is 76.0 Å². The number of carbonyl (C=O) groups is 1. The molecule has 0 spiro atoms. The zero-order chi connectivity index (χ0) is 14.6. The van der Waals surface area contributed by atoms with Crippen molar-refractivity contribution in [3.63, 3.8) is 0 Å². The molecule has 1 aromatic rings. The Morgan fingerprint density at radius 2 is 2.00 bits per heavy atom. The van der Waals surface area contributed by atoms with Gasteiger partial charge in [-0.15, -0.1) is 0 Å². The molecule has 0 saturated heterocycles. The van der Waals surface area contributed by atoms with Crippen LogP contribution in [-0.2, 0) is 4.79 Å². The van der Waals surface area contributed by atoms with Gasteiger partial charge in [0.05, 0.1) is 14.2 Å². The fourth-order valence-corrected chi connectivity index (χ4v) is 2.08. The van der Waals surface area contributed by atoms with E-state index < -0.39 is 17.5 Å². The summed E-state index contributed by atoms with van der Waals surface area (Å²) in [5.41, 5.74) is -1.18. The summed E-state index contributed by atoms with van der Waals surface area (Å²) in [6.07, 6.45) is 0.110. The van der Waals surface area contributed by atoms with Gasteiger partial charge in [-0.05, 0) is 12.5 Å². The first-order chi connectivity index (χ1) is 8.90. The third-order valence-electron chi connectivity index (χ3n) is 3.53. The van der Waals surface area contributed by atoms with E-state index in [9.17, 15) is 15.0 Å². The Hall–Kier alpha value is -1.75. The molecule has 19 heavy (non-hydrogen) atoms. The second-order valence-corrected chi connectivity index (χ2v) is 4.41. The molecule has 2 atom stereocenters. The van der Waals surface area contributed by atoms with Gasteiger partial charge in [-0.25, -0.2) is 4.79 Å². The molecule has 5 nitrogen and oxygen atoms in total. The van der Waals surface area contributed by atoms with Crippen molar-refractivity contribution in [1.29, 1.82) is 0 Å². The van der Waals surface area contributed by atoms with Crippen molar-refractivity contribution in [2.45, 2.75) is 31.8 Å². The van der Waals surface area contributed by atoms with Crippen LogP contribution in [0.2, 0.25) is 0 Å². The van der Waals surface area contributed by atoms with Crippen molar-refractivity contribution in [1.82, 2.24) is 0 Å². The SMILES string of the molecule is CCC(O)(C(=O)O)C(C)c1ccc(OC)cc1OC. The first-order valence-electron chi connectivity index (χ1n) is 6.08. The number of hydrogen-bond donors (Lipinski definition) is 2. The number of hydrogen-bond acceptors (Lipinski definition) is 4. The molecule has 1 rings (SSSR count). The molecule has 0 fully saturated rings. The number of carboxylic acid groups (broad SMARTS) is 1. The van der Waals surface area contributed by atoms with Gasteiger partial charge in [0.15, 0.2) is 5.60 Å². The van der Waals surface area contributed by atoms with Crippen LogP contribution in [0, 0.1) is 0 Å². The number of aliphatic carboxylic acids is 1. The van der Waals surface area contributed by atoms with Crippen LogP contribution in [0.5, 0.6) is 11.5 Å². The first kappa shape index (κ1) is 15.3. The molecule has 0 aliphatic carbocycles. The molecule has 2 N–H and O–H groups in total. The zero-order valence-electron chi connectivity index (χ0n) is 11.6. The second-order valence-electron chi connectivity index (χ2n) is 4.41. The number of methoxy groups -OCH3 is 2. The van der Waals surface area contributed by atoms with Gasteiger partial charge in [0.2, 0.25) is 0 Å². The van der Waals surface area contributed by atoms with E-state index in [2.05, 4.69) is 0 Å². The van der Waals surface area contributed by atoms with Crippen LogP contribution in [0.15, 0.2) is 18.2 Å². The maximum Gasteiger partial charge on any atom is 0.336 e. The predicted octanol–water partition coefficient (Wildman–Crippen LogP) is 2.03. The number of aliphatic hydroxyl groups is 1. The average molecular weight is 268 g/mol. The summed E-state index contributed by atoms with van der Waals surface area (Å²) in [7, 11) is 3.04. The summed E-state index contributed by atoms with van der Waals surface area (Å²) in [6.45, 7) is 3.31. The summed E-state index contributed by atoms with van der Waals surface area (Å²) < 4.78 is 10.3. The van der Waals surface area contributed by atoms with Gasteiger partial charge in [-0.1, -0.05) is 19.9 Å². The Morgan fingerprint density at radius 1 is 1.37 bits per heavy atom. The van der Waals surface area contributed by atoms with Crippen LogP contribution in [0.3, 0.4) is 0 Å². The van der Waals surface area contributed by atoms with Crippen molar-refractivity contribution in [3.8, 4) is 11.5 Å². The summed E-state index contributed by atoms with van der Waals surface area (Å²) in [6, 6.07) is 5.10. The van der Waals surface area contributed by atoms with Gasteiger partial charge in [-0.2, -0.15) is 0 Å². The largest absolute Gasteiger partial charge is 0.497 e. The van der Waals surface area contributed by atoms with E-state index in [0.717, 1.165) is 0 Å². The molecule has 0 bridgehead atoms. The third kappa shape index (κ3) is 2.81. The summed E-state index contributed by atoms with van der Waals surface area (Å²) in [4.78, 5) is 11.3.